The summed E-state index contributed by atoms with van der Waals surface area (Å²) in [4.78, 5) is 0. The van der Waals surface area contributed by atoms with E-state index in [2.05, 4.69) is 5.32 Å². The molecule has 0 saturated heterocycles. The molecule has 0 radical (unpaired) electrons. The maximum Gasteiger partial charge on any atom is 0.276 e. The third kappa shape index (κ3) is 4.31. The van der Waals surface area contributed by atoms with E-state index in [9.17, 15) is 8.42 Å². The van der Waals surface area contributed by atoms with Crippen molar-refractivity contribution < 1.29 is 12.8 Å². The summed E-state index contributed by atoms with van der Waals surface area (Å²) in [5.41, 5.74) is 0. The van der Waals surface area contributed by atoms with Crippen LogP contribution < -0.4 is 5.32 Å². The van der Waals surface area contributed by atoms with Crippen molar-refractivity contribution in [1.29, 1.82) is 0 Å². The average Bonchev–Trinajstić information content (AvgIpc) is 3.09. The van der Waals surface area contributed by atoms with E-state index in [0.717, 1.165) is 0 Å². The molecule has 1 aromatic heterocycles. The topological polar surface area (TPSA) is 62.6 Å². The van der Waals surface area contributed by atoms with Gasteiger partial charge in [-0.15, -0.1) is 0 Å². The molecule has 2 rings (SSSR count). The highest BCUT2D eigenvalue weighted by Gasteiger charge is 2.30. The van der Waals surface area contributed by atoms with Gasteiger partial charge in [0.2, 0.25) is 5.09 Å². The molecule has 1 N–H and O–H groups in total. The van der Waals surface area contributed by atoms with Crippen LogP contribution in [0.15, 0.2) is 21.6 Å². The standard InChI is InChI=1S/C15H26N2O3S/c1-11(2)10-17(12(3)4)21(18,19)15-8-7-14(20-15)9-16-13-5-6-13/h7-8,11-13,16H,5-6,9-10H2,1-4H3. The largest absolute Gasteiger partial charge is 0.447 e. The molecular weight excluding hydrogens is 288 g/mol. The second kappa shape index (κ2) is 6.50. The van der Waals surface area contributed by atoms with Gasteiger partial charge in [-0.1, -0.05) is 13.8 Å². The predicted octanol–water partition coefficient (Wildman–Crippen LogP) is 2.59. The lowest BCUT2D eigenvalue weighted by Crippen LogP contribution is -2.39. The Balaban J connectivity index is 2.12. The zero-order chi connectivity index (χ0) is 15.6. The number of sulfonamides is 1. The molecule has 1 heterocycles. The number of furan rings is 1. The first-order valence-corrected chi connectivity index (χ1v) is 9.08. The lowest BCUT2D eigenvalue weighted by atomic mass is 10.2. The normalized spacial score (nSPS) is 16.3. The number of nitrogens with zero attached hydrogens (tertiary/aromatic N) is 1. The van der Waals surface area contributed by atoms with Gasteiger partial charge in [-0.3, -0.25) is 0 Å². The Hall–Kier alpha value is -0.850. The van der Waals surface area contributed by atoms with Crippen molar-refractivity contribution in [2.75, 3.05) is 6.54 Å². The zero-order valence-corrected chi connectivity index (χ0v) is 14.1. The van der Waals surface area contributed by atoms with E-state index in [1.54, 1.807) is 12.1 Å². The maximum absolute atomic E-state index is 12.7. The van der Waals surface area contributed by atoms with E-state index >= 15 is 0 Å². The number of hydrogen-bond acceptors (Lipinski definition) is 4. The first-order chi connectivity index (χ1) is 9.80. The molecule has 21 heavy (non-hydrogen) atoms. The zero-order valence-electron chi connectivity index (χ0n) is 13.3. The Morgan fingerprint density at radius 2 is 1.95 bits per heavy atom. The third-order valence-corrected chi connectivity index (χ3v) is 5.38. The van der Waals surface area contributed by atoms with Crippen LogP contribution in [-0.4, -0.2) is 31.4 Å². The van der Waals surface area contributed by atoms with Gasteiger partial charge >= 0.3 is 0 Å². The van der Waals surface area contributed by atoms with Crippen LogP contribution in [0.3, 0.4) is 0 Å². The lowest BCUT2D eigenvalue weighted by Gasteiger charge is -2.26. The summed E-state index contributed by atoms with van der Waals surface area (Å²) in [5, 5.41) is 3.37. The van der Waals surface area contributed by atoms with Crippen molar-refractivity contribution in [2.45, 2.75) is 64.3 Å². The van der Waals surface area contributed by atoms with Crippen molar-refractivity contribution in [3.05, 3.63) is 17.9 Å². The van der Waals surface area contributed by atoms with Gasteiger partial charge in [0.25, 0.3) is 10.0 Å². The van der Waals surface area contributed by atoms with E-state index in [1.165, 1.54) is 17.1 Å². The van der Waals surface area contributed by atoms with Crippen LogP contribution in [0.5, 0.6) is 0 Å². The summed E-state index contributed by atoms with van der Waals surface area (Å²) in [6.45, 7) is 8.88. The minimum atomic E-state index is -3.56. The molecule has 5 nitrogen and oxygen atoms in total. The monoisotopic (exact) mass is 314 g/mol. The molecule has 1 aliphatic rings. The second-order valence-electron chi connectivity index (χ2n) is 6.44. The highest BCUT2D eigenvalue weighted by atomic mass is 32.2. The summed E-state index contributed by atoms with van der Waals surface area (Å²) in [5.74, 6) is 0.946. The van der Waals surface area contributed by atoms with Gasteiger partial charge in [0.05, 0.1) is 6.54 Å². The predicted molar refractivity (Wildman–Crippen MR) is 82.4 cm³/mol. The molecule has 120 valence electrons. The Morgan fingerprint density at radius 1 is 1.29 bits per heavy atom. The minimum absolute atomic E-state index is 0.0458. The fraction of sp³-hybridized carbons (Fsp3) is 0.733. The summed E-state index contributed by atoms with van der Waals surface area (Å²) in [6.07, 6.45) is 2.39. The number of nitrogens with one attached hydrogen (secondary N) is 1. The minimum Gasteiger partial charge on any atom is -0.447 e. The van der Waals surface area contributed by atoms with Gasteiger partial charge in [-0.05, 0) is 44.7 Å². The van der Waals surface area contributed by atoms with E-state index in [4.69, 9.17) is 4.42 Å². The van der Waals surface area contributed by atoms with Gasteiger partial charge in [-0.25, -0.2) is 8.42 Å². The number of rotatable bonds is 8. The van der Waals surface area contributed by atoms with Crippen molar-refractivity contribution in [3.8, 4) is 0 Å². The van der Waals surface area contributed by atoms with Crippen molar-refractivity contribution in [3.63, 3.8) is 0 Å². The Bertz CT molecular complexity index is 559. The number of hydrogen-bond donors (Lipinski definition) is 1. The van der Waals surface area contributed by atoms with Gasteiger partial charge in [0, 0.05) is 18.6 Å². The van der Waals surface area contributed by atoms with E-state index in [1.807, 2.05) is 27.7 Å². The third-order valence-electron chi connectivity index (χ3n) is 3.46. The van der Waals surface area contributed by atoms with Crippen LogP contribution in [0.2, 0.25) is 0 Å². The Morgan fingerprint density at radius 3 is 2.48 bits per heavy atom. The molecule has 0 aliphatic heterocycles. The molecule has 0 aromatic carbocycles. The summed E-state index contributed by atoms with van der Waals surface area (Å²) in [6, 6.07) is 3.80. The van der Waals surface area contributed by atoms with Crippen molar-refractivity contribution in [1.82, 2.24) is 9.62 Å². The molecule has 1 fully saturated rings. The molecule has 1 saturated carbocycles. The second-order valence-corrected chi connectivity index (χ2v) is 8.26. The van der Waals surface area contributed by atoms with Gasteiger partial charge in [0.1, 0.15) is 5.76 Å². The van der Waals surface area contributed by atoms with E-state index in [0.29, 0.717) is 24.9 Å². The van der Waals surface area contributed by atoms with Crippen LogP contribution in [0.1, 0.15) is 46.3 Å². The molecule has 0 atom stereocenters. The molecule has 0 bridgehead atoms. The van der Waals surface area contributed by atoms with Crippen molar-refractivity contribution in [2.24, 2.45) is 5.92 Å². The summed E-state index contributed by atoms with van der Waals surface area (Å²) in [7, 11) is -3.56. The summed E-state index contributed by atoms with van der Waals surface area (Å²) >= 11 is 0. The molecule has 0 spiro atoms. The summed E-state index contributed by atoms with van der Waals surface area (Å²) < 4.78 is 32.4. The lowest BCUT2D eigenvalue weighted by molar-refractivity contribution is 0.303. The SMILES string of the molecule is CC(C)CN(C(C)C)S(=O)(=O)c1ccc(CNC2CC2)o1. The average molecular weight is 314 g/mol. The Kier molecular flexibility index (Phi) is 5.11. The maximum atomic E-state index is 12.7. The fourth-order valence-electron chi connectivity index (χ4n) is 2.19. The van der Waals surface area contributed by atoms with E-state index in [-0.39, 0.29) is 17.1 Å². The molecule has 6 heteroatoms. The highest BCUT2D eigenvalue weighted by Crippen LogP contribution is 2.23. The fourth-order valence-corrected chi connectivity index (χ4v) is 3.92. The van der Waals surface area contributed by atoms with Crippen LogP contribution in [0.25, 0.3) is 0 Å². The molecule has 0 amide bonds. The quantitative estimate of drug-likeness (QED) is 0.801. The van der Waals surface area contributed by atoms with E-state index < -0.39 is 10.0 Å². The molecule has 1 aliphatic carbocycles. The first-order valence-electron chi connectivity index (χ1n) is 7.64. The van der Waals surface area contributed by atoms with Gasteiger partial charge in [-0.2, -0.15) is 4.31 Å². The molecule has 1 aromatic rings. The first kappa shape index (κ1) is 16.5. The molecular formula is C15H26N2O3S. The van der Waals surface area contributed by atoms with Crippen LogP contribution >= 0.6 is 0 Å². The Labute approximate surface area is 127 Å². The van der Waals surface area contributed by atoms with Crippen molar-refractivity contribution >= 4 is 10.0 Å². The highest BCUT2D eigenvalue weighted by molar-refractivity contribution is 7.89. The van der Waals surface area contributed by atoms with Crippen LogP contribution in [0.4, 0.5) is 0 Å². The van der Waals surface area contributed by atoms with Crippen LogP contribution in [0, 0.1) is 5.92 Å². The smallest absolute Gasteiger partial charge is 0.276 e. The van der Waals surface area contributed by atoms with Gasteiger partial charge < -0.3 is 9.73 Å². The molecule has 0 unspecified atom stereocenters. The van der Waals surface area contributed by atoms with Crippen LogP contribution in [-0.2, 0) is 16.6 Å². The van der Waals surface area contributed by atoms with Gasteiger partial charge in [0.15, 0.2) is 0 Å².